The van der Waals surface area contributed by atoms with Crippen LogP contribution in [-0.4, -0.2) is 71.1 Å². The Hall–Kier alpha value is -2.33. The lowest BCUT2D eigenvalue weighted by Crippen LogP contribution is -2.45. The number of carbonyl (C=O) groups excluding carboxylic acids is 2. The molecule has 2 aliphatic rings. The molecule has 1 aromatic carbocycles. The molecule has 2 fully saturated rings. The molecule has 1 saturated carbocycles. The Morgan fingerprint density at radius 1 is 1.22 bits per heavy atom. The summed E-state index contributed by atoms with van der Waals surface area (Å²) in [6, 6.07) is 10.2. The summed E-state index contributed by atoms with van der Waals surface area (Å²) in [5, 5.41) is 3.56. The summed E-state index contributed by atoms with van der Waals surface area (Å²) in [4.78, 5) is 31.2. The molecule has 0 bridgehead atoms. The minimum Gasteiger partial charge on any atom is -0.351 e. The third-order valence-corrected chi connectivity index (χ3v) is 8.46. The normalized spacial score (nSPS) is 19.6. The molecule has 1 N–H and O–H groups in total. The Balaban J connectivity index is 1.35. The van der Waals surface area contributed by atoms with Gasteiger partial charge in [-0.05, 0) is 31.7 Å². The van der Waals surface area contributed by atoms with Gasteiger partial charge in [0.15, 0.2) is 15.0 Å². The molecule has 1 aliphatic carbocycles. The summed E-state index contributed by atoms with van der Waals surface area (Å²) in [7, 11) is -3.06. The molecule has 1 atom stereocenters. The maximum absolute atomic E-state index is 12.8. The number of sulfone groups is 1. The van der Waals surface area contributed by atoms with E-state index in [1.54, 1.807) is 0 Å². The maximum Gasteiger partial charge on any atom is 0.239 e. The highest BCUT2D eigenvalue weighted by molar-refractivity contribution is 7.99. The van der Waals surface area contributed by atoms with Crippen LogP contribution in [-0.2, 0) is 19.4 Å². The van der Waals surface area contributed by atoms with Crippen molar-refractivity contribution in [2.45, 2.75) is 43.4 Å². The zero-order valence-electron chi connectivity index (χ0n) is 18.1. The topological polar surface area (TPSA) is 101 Å². The van der Waals surface area contributed by atoms with Gasteiger partial charge in [-0.15, -0.1) is 0 Å². The van der Waals surface area contributed by atoms with E-state index in [2.05, 4.69) is 27.0 Å². The van der Waals surface area contributed by atoms with Gasteiger partial charge in [-0.25, -0.2) is 13.4 Å². The van der Waals surface area contributed by atoms with Gasteiger partial charge in [-0.3, -0.25) is 9.59 Å². The number of aromatic nitrogens is 2. The van der Waals surface area contributed by atoms with Gasteiger partial charge >= 0.3 is 0 Å². The number of benzene rings is 1. The van der Waals surface area contributed by atoms with E-state index in [9.17, 15) is 18.0 Å². The molecule has 1 saturated heterocycles. The average Bonchev–Trinajstić information content (AvgIpc) is 3.43. The number of carbonyl (C=O) groups is 2. The second-order valence-electron chi connectivity index (χ2n) is 8.26. The fourth-order valence-electron chi connectivity index (χ4n) is 3.91. The number of hydrogen-bond acceptors (Lipinski definition) is 6. The summed E-state index contributed by atoms with van der Waals surface area (Å²) >= 11 is 1.39. The number of rotatable bonds is 9. The standard InChI is InChI=1S/C22H28N4O4S2/c1-2-25(13-20(27)24-17-10-11-32(29,30)15-17)21(28)14-31-22-23-12-19(26(22)18-8-9-18)16-6-4-3-5-7-16/h3-7,12,17-18H,2,8-11,13-15H2,1H3,(H,24,27). The highest BCUT2D eigenvalue weighted by Crippen LogP contribution is 2.41. The molecule has 32 heavy (non-hydrogen) atoms. The quantitative estimate of drug-likeness (QED) is 0.557. The van der Waals surface area contributed by atoms with E-state index in [1.165, 1.54) is 16.7 Å². The molecule has 10 heteroatoms. The number of nitrogens with one attached hydrogen (secondary N) is 1. The molecular formula is C22H28N4O4S2. The van der Waals surface area contributed by atoms with Crippen LogP contribution in [0.2, 0.25) is 0 Å². The largest absolute Gasteiger partial charge is 0.351 e. The minimum absolute atomic E-state index is 0.0256. The number of nitrogens with zero attached hydrogens (tertiary/aromatic N) is 3. The van der Waals surface area contributed by atoms with Crippen molar-refractivity contribution < 1.29 is 18.0 Å². The summed E-state index contributed by atoms with van der Waals surface area (Å²) in [6.07, 6.45) is 4.50. The summed E-state index contributed by atoms with van der Waals surface area (Å²) in [6.45, 7) is 2.16. The Morgan fingerprint density at radius 3 is 2.59 bits per heavy atom. The van der Waals surface area contributed by atoms with Crippen LogP contribution in [0.25, 0.3) is 11.3 Å². The molecule has 0 spiro atoms. The molecule has 8 nitrogen and oxygen atoms in total. The van der Waals surface area contributed by atoms with Gasteiger partial charge in [0.25, 0.3) is 0 Å². The Kier molecular flexibility index (Phi) is 6.90. The highest BCUT2D eigenvalue weighted by atomic mass is 32.2. The zero-order valence-corrected chi connectivity index (χ0v) is 19.7. The van der Waals surface area contributed by atoms with Crippen molar-refractivity contribution in [3.05, 3.63) is 36.5 Å². The van der Waals surface area contributed by atoms with Crippen LogP contribution < -0.4 is 5.32 Å². The smallest absolute Gasteiger partial charge is 0.239 e. The first-order valence-electron chi connectivity index (χ1n) is 10.9. The third-order valence-electron chi connectivity index (χ3n) is 5.74. The van der Waals surface area contributed by atoms with Gasteiger partial charge in [-0.1, -0.05) is 42.1 Å². The minimum atomic E-state index is -3.06. The van der Waals surface area contributed by atoms with E-state index in [1.807, 2.05) is 31.3 Å². The summed E-state index contributed by atoms with van der Waals surface area (Å²) in [5.74, 6) is -0.195. The number of hydrogen-bond donors (Lipinski definition) is 1. The molecule has 0 radical (unpaired) electrons. The molecule has 172 valence electrons. The third kappa shape index (κ3) is 5.53. The van der Waals surface area contributed by atoms with Gasteiger partial charge in [0.2, 0.25) is 11.8 Å². The lowest BCUT2D eigenvalue weighted by molar-refractivity contribution is -0.134. The Labute approximate surface area is 192 Å². The molecule has 1 aromatic heterocycles. The maximum atomic E-state index is 12.8. The fraction of sp³-hybridized carbons (Fsp3) is 0.500. The molecule has 4 rings (SSSR count). The van der Waals surface area contributed by atoms with E-state index < -0.39 is 9.84 Å². The van der Waals surface area contributed by atoms with Crippen LogP contribution in [0, 0.1) is 0 Å². The number of thioether (sulfide) groups is 1. The van der Waals surface area contributed by atoms with Crippen molar-refractivity contribution >= 4 is 33.4 Å². The van der Waals surface area contributed by atoms with Gasteiger partial charge in [-0.2, -0.15) is 0 Å². The SMILES string of the molecule is CCN(CC(=O)NC1CCS(=O)(=O)C1)C(=O)CSc1ncc(-c2ccccc2)n1C1CC1. The highest BCUT2D eigenvalue weighted by Gasteiger charge is 2.31. The first-order chi connectivity index (χ1) is 15.4. The average molecular weight is 477 g/mol. The van der Waals surface area contributed by atoms with E-state index in [-0.39, 0.29) is 41.7 Å². The van der Waals surface area contributed by atoms with Gasteiger partial charge < -0.3 is 14.8 Å². The Morgan fingerprint density at radius 2 is 1.97 bits per heavy atom. The number of imidazole rings is 1. The predicted molar refractivity (Wildman–Crippen MR) is 124 cm³/mol. The lowest BCUT2D eigenvalue weighted by Gasteiger charge is -2.21. The van der Waals surface area contributed by atoms with Gasteiger partial charge in [0, 0.05) is 18.6 Å². The van der Waals surface area contributed by atoms with Crippen LogP contribution in [0.4, 0.5) is 0 Å². The van der Waals surface area contributed by atoms with Crippen molar-refractivity contribution in [1.29, 1.82) is 0 Å². The van der Waals surface area contributed by atoms with Gasteiger partial charge in [0.1, 0.15) is 0 Å². The van der Waals surface area contributed by atoms with E-state index >= 15 is 0 Å². The molecule has 2 aromatic rings. The van der Waals surface area contributed by atoms with Crippen molar-refractivity contribution in [2.24, 2.45) is 0 Å². The Bertz CT molecular complexity index is 1080. The first kappa shape index (κ1) is 22.8. The summed E-state index contributed by atoms with van der Waals surface area (Å²) < 4.78 is 25.4. The predicted octanol–water partition coefficient (Wildman–Crippen LogP) is 2.13. The van der Waals surface area contributed by atoms with Crippen molar-refractivity contribution in [3.63, 3.8) is 0 Å². The monoisotopic (exact) mass is 476 g/mol. The van der Waals surface area contributed by atoms with Crippen LogP contribution in [0.5, 0.6) is 0 Å². The number of amides is 2. The van der Waals surface area contributed by atoms with E-state index in [0.29, 0.717) is 19.0 Å². The summed E-state index contributed by atoms with van der Waals surface area (Å²) in [5.41, 5.74) is 2.16. The van der Waals surface area contributed by atoms with Crippen LogP contribution >= 0.6 is 11.8 Å². The lowest BCUT2D eigenvalue weighted by atomic mass is 10.2. The molecule has 1 unspecified atom stereocenters. The van der Waals surface area contributed by atoms with Crippen molar-refractivity contribution in [2.75, 3.05) is 30.3 Å². The zero-order chi connectivity index (χ0) is 22.7. The number of likely N-dealkylation sites (N-methyl/N-ethyl adjacent to an activating group) is 1. The van der Waals surface area contributed by atoms with Crippen LogP contribution in [0.1, 0.15) is 32.2 Å². The molecular weight excluding hydrogens is 448 g/mol. The van der Waals surface area contributed by atoms with E-state index in [4.69, 9.17) is 0 Å². The second-order valence-corrected chi connectivity index (χ2v) is 11.4. The van der Waals surface area contributed by atoms with Crippen LogP contribution in [0.3, 0.4) is 0 Å². The second kappa shape index (κ2) is 9.66. The van der Waals surface area contributed by atoms with Crippen LogP contribution in [0.15, 0.2) is 41.7 Å². The van der Waals surface area contributed by atoms with Gasteiger partial charge in [0.05, 0.1) is 35.7 Å². The first-order valence-corrected chi connectivity index (χ1v) is 13.7. The molecule has 2 heterocycles. The molecule has 1 aliphatic heterocycles. The van der Waals surface area contributed by atoms with E-state index in [0.717, 1.165) is 29.3 Å². The van der Waals surface area contributed by atoms with Crippen molar-refractivity contribution in [1.82, 2.24) is 19.8 Å². The van der Waals surface area contributed by atoms with Crippen molar-refractivity contribution in [3.8, 4) is 11.3 Å². The fourth-order valence-corrected chi connectivity index (χ4v) is 6.53. The molecule has 2 amide bonds.